The SMILES string of the molecule is O=C1c2ccccc2[C@H](Nc2ccccn2)N1Cc1ccccc1. The Labute approximate surface area is 140 Å². The summed E-state index contributed by atoms with van der Waals surface area (Å²) in [7, 11) is 0. The van der Waals surface area contributed by atoms with Gasteiger partial charge in [-0.05, 0) is 23.8 Å². The number of pyridine rings is 1. The fraction of sp³-hybridized carbons (Fsp3) is 0.100. The lowest BCUT2D eigenvalue weighted by molar-refractivity contribution is 0.0728. The number of nitrogens with one attached hydrogen (secondary N) is 1. The lowest BCUT2D eigenvalue weighted by Crippen LogP contribution is -2.32. The van der Waals surface area contributed by atoms with Crippen LogP contribution in [0.2, 0.25) is 0 Å². The third-order valence-electron chi connectivity index (χ3n) is 4.20. The second kappa shape index (κ2) is 6.16. The summed E-state index contributed by atoms with van der Waals surface area (Å²) in [5.41, 5.74) is 2.84. The Morgan fingerprint density at radius 1 is 0.917 bits per heavy atom. The second-order valence-electron chi connectivity index (χ2n) is 5.77. The number of aromatic nitrogens is 1. The van der Waals surface area contributed by atoms with Crippen molar-refractivity contribution in [3.8, 4) is 0 Å². The van der Waals surface area contributed by atoms with Crippen LogP contribution in [0.25, 0.3) is 0 Å². The van der Waals surface area contributed by atoms with Gasteiger partial charge in [-0.15, -0.1) is 0 Å². The smallest absolute Gasteiger partial charge is 0.256 e. The van der Waals surface area contributed by atoms with Crippen LogP contribution in [-0.4, -0.2) is 15.8 Å². The summed E-state index contributed by atoms with van der Waals surface area (Å²) < 4.78 is 0. The average molecular weight is 315 g/mol. The maximum Gasteiger partial charge on any atom is 0.256 e. The van der Waals surface area contributed by atoms with Gasteiger partial charge < -0.3 is 10.2 Å². The van der Waals surface area contributed by atoms with Gasteiger partial charge in [0.1, 0.15) is 12.0 Å². The highest BCUT2D eigenvalue weighted by atomic mass is 16.2. The van der Waals surface area contributed by atoms with Gasteiger partial charge in [-0.25, -0.2) is 4.98 Å². The Balaban J connectivity index is 1.69. The van der Waals surface area contributed by atoms with E-state index in [0.717, 1.165) is 22.5 Å². The molecule has 0 saturated carbocycles. The minimum absolute atomic E-state index is 0.0443. The Morgan fingerprint density at radius 3 is 2.46 bits per heavy atom. The van der Waals surface area contributed by atoms with Crippen molar-refractivity contribution >= 4 is 11.7 Å². The monoisotopic (exact) mass is 315 g/mol. The number of carbonyl (C=O) groups is 1. The van der Waals surface area contributed by atoms with Crippen LogP contribution in [0.5, 0.6) is 0 Å². The number of hydrogen-bond acceptors (Lipinski definition) is 3. The highest BCUT2D eigenvalue weighted by Gasteiger charge is 2.36. The topological polar surface area (TPSA) is 45.2 Å². The predicted molar refractivity (Wildman–Crippen MR) is 93.4 cm³/mol. The van der Waals surface area contributed by atoms with Gasteiger partial charge in [0.15, 0.2) is 0 Å². The molecule has 118 valence electrons. The molecule has 4 nitrogen and oxygen atoms in total. The van der Waals surface area contributed by atoms with E-state index in [4.69, 9.17) is 0 Å². The third-order valence-corrected chi connectivity index (χ3v) is 4.20. The van der Waals surface area contributed by atoms with Gasteiger partial charge >= 0.3 is 0 Å². The highest BCUT2D eigenvalue weighted by molar-refractivity contribution is 5.99. The molecule has 0 unspecified atom stereocenters. The molecule has 0 fully saturated rings. The lowest BCUT2D eigenvalue weighted by Gasteiger charge is -2.26. The summed E-state index contributed by atoms with van der Waals surface area (Å²) in [5.74, 6) is 0.799. The molecule has 3 aromatic rings. The summed E-state index contributed by atoms with van der Waals surface area (Å²) in [6.45, 7) is 0.554. The van der Waals surface area contributed by atoms with Crippen LogP contribution in [0, 0.1) is 0 Å². The number of carbonyl (C=O) groups excluding carboxylic acids is 1. The van der Waals surface area contributed by atoms with Crippen LogP contribution in [0.3, 0.4) is 0 Å². The molecule has 1 aromatic heterocycles. The van der Waals surface area contributed by atoms with Gasteiger partial charge in [-0.2, -0.15) is 0 Å². The molecule has 4 heteroatoms. The van der Waals surface area contributed by atoms with Gasteiger partial charge in [0.05, 0.1) is 0 Å². The number of hydrogen-bond donors (Lipinski definition) is 1. The zero-order chi connectivity index (χ0) is 16.4. The van der Waals surface area contributed by atoms with Crippen LogP contribution in [0.1, 0.15) is 27.7 Å². The molecular weight excluding hydrogens is 298 g/mol. The highest BCUT2D eigenvalue weighted by Crippen LogP contribution is 2.35. The molecule has 1 amide bonds. The Morgan fingerprint density at radius 2 is 1.67 bits per heavy atom. The van der Waals surface area contributed by atoms with Crippen molar-refractivity contribution in [3.63, 3.8) is 0 Å². The summed E-state index contributed by atoms with van der Waals surface area (Å²) in [5, 5.41) is 3.39. The normalized spacial score (nSPS) is 16.1. The summed E-state index contributed by atoms with van der Waals surface area (Å²) >= 11 is 0. The van der Waals surface area contributed by atoms with Crippen LogP contribution < -0.4 is 5.32 Å². The van der Waals surface area contributed by atoms with Crippen molar-refractivity contribution in [1.29, 1.82) is 0 Å². The zero-order valence-corrected chi connectivity index (χ0v) is 13.1. The number of benzene rings is 2. The molecule has 0 aliphatic carbocycles. The predicted octanol–water partition coefficient (Wildman–Crippen LogP) is 3.85. The molecule has 4 rings (SSSR count). The first-order valence-corrected chi connectivity index (χ1v) is 7.94. The Kier molecular flexibility index (Phi) is 3.71. The van der Waals surface area contributed by atoms with Crippen molar-refractivity contribution in [2.45, 2.75) is 12.7 Å². The van der Waals surface area contributed by atoms with E-state index < -0.39 is 0 Å². The zero-order valence-electron chi connectivity index (χ0n) is 13.1. The van der Waals surface area contributed by atoms with Crippen molar-refractivity contribution in [3.05, 3.63) is 95.7 Å². The van der Waals surface area contributed by atoms with E-state index in [1.54, 1.807) is 6.20 Å². The molecule has 0 saturated heterocycles. The van der Waals surface area contributed by atoms with Gasteiger partial charge in [0.25, 0.3) is 5.91 Å². The third kappa shape index (κ3) is 2.63. The molecule has 1 N–H and O–H groups in total. The number of rotatable bonds is 4. The van der Waals surface area contributed by atoms with Crippen molar-refractivity contribution < 1.29 is 4.79 Å². The Hall–Kier alpha value is -3.14. The van der Waals surface area contributed by atoms with Gasteiger partial charge in [-0.3, -0.25) is 4.79 Å². The van der Waals surface area contributed by atoms with E-state index in [2.05, 4.69) is 10.3 Å². The maximum atomic E-state index is 12.9. The average Bonchev–Trinajstić information content (AvgIpc) is 2.90. The first kappa shape index (κ1) is 14.5. The van der Waals surface area contributed by atoms with Crippen LogP contribution >= 0.6 is 0 Å². The molecule has 2 aromatic carbocycles. The van der Waals surface area contributed by atoms with E-state index >= 15 is 0 Å². The lowest BCUT2D eigenvalue weighted by atomic mass is 10.1. The van der Waals surface area contributed by atoms with Crippen molar-refractivity contribution in [2.75, 3.05) is 5.32 Å². The van der Waals surface area contributed by atoms with E-state index in [1.165, 1.54) is 0 Å². The van der Waals surface area contributed by atoms with Gasteiger partial charge in [0.2, 0.25) is 0 Å². The number of nitrogens with zero attached hydrogens (tertiary/aromatic N) is 2. The van der Waals surface area contributed by atoms with E-state index in [1.807, 2.05) is 77.7 Å². The van der Waals surface area contributed by atoms with Crippen LogP contribution in [0.15, 0.2) is 79.0 Å². The molecule has 0 radical (unpaired) electrons. The van der Waals surface area contributed by atoms with Crippen LogP contribution in [0.4, 0.5) is 5.82 Å². The number of amides is 1. The largest absolute Gasteiger partial charge is 0.346 e. The molecule has 2 heterocycles. The summed E-state index contributed by atoms with van der Waals surface area (Å²) in [6, 6.07) is 23.5. The maximum absolute atomic E-state index is 12.9. The molecule has 24 heavy (non-hydrogen) atoms. The van der Waals surface area contributed by atoms with Crippen LogP contribution in [-0.2, 0) is 6.54 Å². The minimum atomic E-state index is -0.219. The molecular formula is C20H17N3O. The molecule has 1 atom stereocenters. The van der Waals surface area contributed by atoms with E-state index in [0.29, 0.717) is 6.54 Å². The standard InChI is InChI=1S/C20H17N3O/c24-20-17-11-5-4-10-16(17)19(22-18-12-6-7-13-21-18)23(20)14-15-8-2-1-3-9-15/h1-13,19H,14H2,(H,21,22)/t19-/m1/s1. The van der Waals surface area contributed by atoms with Gasteiger partial charge in [-0.1, -0.05) is 54.6 Å². The second-order valence-corrected chi connectivity index (χ2v) is 5.77. The number of anilines is 1. The summed E-state index contributed by atoms with van der Waals surface area (Å²) in [4.78, 5) is 19.1. The molecule has 0 spiro atoms. The first-order valence-electron chi connectivity index (χ1n) is 7.94. The van der Waals surface area contributed by atoms with Gasteiger partial charge in [0, 0.05) is 23.9 Å². The quantitative estimate of drug-likeness (QED) is 0.795. The molecule has 1 aliphatic heterocycles. The minimum Gasteiger partial charge on any atom is -0.346 e. The van der Waals surface area contributed by atoms with Crippen molar-refractivity contribution in [2.24, 2.45) is 0 Å². The number of fused-ring (bicyclic) bond motifs is 1. The molecule has 1 aliphatic rings. The van der Waals surface area contributed by atoms with E-state index in [9.17, 15) is 4.79 Å². The fourth-order valence-corrected chi connectivity index (χ4v) is 3.06. The molecule has 0 bridgehead atoms. The summed E-state index contributed by atoms with van der Waals surface area (Å²) in [6.07, 6.45) is 1.52. The van der Waals surface area contributed by atoms with E-state index in [-0.39, 0.29) is 12.1 Å². The fourth-order valence-electron chi connectivity index (χ4n) is 3.06. The Bertz CT molecular complexity index is 849. The van der Waals surface area contributed by atoms with Crippen molar-refractivity contribution in [1.82, 2.24) is 9.88 Å². The first-order chi connectivity index (χ1) is 11.8.